The van der Waals surface area contributed by atoms with E-state index < -0.39 is 0 Å². The Bertz CT molecular complexity index is 465. The molecule has 4 heteroatoms. The summed E-state index contributed by atoms with van der Waals surface area (Å²) in [5, 5.41) is 0.195. The van der Waals surface area contributed by atoms with E-state index >= 15 is 0 Å². The van der Waals surface area contributed by atoms with Gasteiger partial charge in [-0.15, -0.1) is 0 Å². The topological polar surface area (TPSA) is 29.3 Å². The van der Waals surface area contributed by atoms with Crippen molar-refractivity contribution in [3.63, 3.8) is 0 Å². The predicted octanol–water partition coefficient (Wildman–Crippen LogP) is 3.04. The first kappa shape index (κ1) is 13.3. The summed E-state index contributed by atoms with van der Waals surface area (Å²) in [6.45, 7) is 2.95. The van der Waals surface area contributed by atoms with Crippen molar-refractivity contribution in [3.8, 4) is 0 Å². The van der Waals surface area contributed by atoms with E-state index in [0.717, 1.165) is 37.5 Å². The third-order valence-corrected chi connectivity index (χ3v) is 4.93. The van der Waals surface area contributed by atoms with E-state index in [1.807, 2.05) is 6.07 Å². The van der Waals surface area contributed by atoms with Crippen molar-refractivity contribution in [2.45, 2.75) is 31.8 Å². The van der Waals surface area contributed by atoms with Gasteiger partial charge < -0.3 is 5.73 Å². The molecule has 2 nitrogen and oxygen atoms in total. The van der Waals surface area contributed by atoms with Crippen LogP contribution in [0.3, 0.4) is 0 Å². The van der Waals surface area contributed by atoms with E-state index in [4.69, 9.17) is 17.3 Å². The summed E-state index contributed by atoms with van der Waals surface area (Å²) in [7, 11) is 0. The number of benzene rings is 1. The van der Waals surface area contributed by atoms with Crippen molar-refractivity contribution in [1.82, 2.24) is 4.90 Å². The van der Waals surface area contributed by atoms with Gasteiger partial charge in [-0.3, -0.25) is 4.90 Å². The highest BCUT2D eigenvalue weighted by Gasteiger charge is 2.38. The van der Waals surface area contributed by atoms with E-state index in [9.17, 15) is 4.39 Å². The van der Waals surface area contributed by atoms with Gasteiger partial charge in [-0.25, -0.2) is 4.39 Å². The van der Waals surface area contributed by atoms with Crippen molar-refractivity contribution >= 4 is 11.6 Å². The lowest BCUT2D eigenvalue weighted by atomic mass is 9.78. The van der Waals surface area contributed by atoms with Gasteiger partial charge in [0.15, 0.2) is 0 Å². The summed E-state index contributed by atoms with van der Waals surface area (Å²) in [5.74, 6) is 1.04. The van der Waals surface area contributed by atoms with E-state index in [2.05, 4.69) is 4.90 Å². The van der Waals surface area contributed by atoms with Crippen molar-refractivity contribution in [2.24, 2.45) is 17.6 Å². The molecule has 0 amide bonds. The molecule has 2 aliphatic rings. The van der Waals surface area contributed by atoms with Crippen LogP contribution in [0.2, 0.25) is 5.02 Å². The summed E-state index contributed by atoms with van der Waals surface area (Å²) < 4.78 is 13.4. The normalized spacial score (nSPS) is 31.4. The van der Waals surface area contributed by atoms with Crippen LogP contribution in [0.1, 0.15) is 24.8 Å². The Morgan fingerprint density at radius 3 is 2.89 bits per heavy atom. The zero-order valence-corrected chi connectivity index (χ0v) is 11.7. The molecule has 3 rings (SSSR count). The summed E-state index contributed by atoms with van der Waals surface area (Å²) in [4.78, 5) is 2.41. The molecule has 1 saturated heterocycles. The average Bonchev–Trinajstić information content (AvgIpc) is 2.78. The van der Waals surface area contributed by atoms with Crippen LogP contribution in [0.4, 0.5) is 4.39 Å². The molecule has 1 aromatic carbocycles. The van der Waals surface area contributed by atoms with E-state index in [-0.39, 0.29) is 10.8 Å². The fourth-order valence-corrected chi connectivity index (χ4v) is 3.75. The Kier molecular flexibility index (Phi) is 3.79. The summed E-state index contributed by atoms with van der Waals surface area (Å²) in [6, 6.07) is 5.45. The molecule has 3 unspecified atom stereocenters. The Morgan fingerprint density at radius 1 is 1.32 bits per heavy atom. The highest BCUT2D eigenvalue weighted by atomic mass is 35.5. The van der Waals surface area contributed by atoms with Crippen molar-refractivity contribution < 1.29 is 4.39 Å². The van der Waals surface area contributed by atoms with Crippen LogP contribution in [0.15, 0.2) is 18.2 Å². The first-order valence-electron chi connectivity index (χ1n) is 7.05. The van der Waals surface area contributed by atoms with Gasteiger partial charge >= 0.3 is 0 Å². The minimum Gasteiger partial charge on any atom is -0.327 e. The number of hydrogen-bond donors (Lipinski definition) is 1. The second kappa shape index (κ2) is 5.39. The molecule has 1 aromatic rings. The predicted molar refractivity (Wildman–Crippen MR) is 75.5 cm³/mol. The Hall–Kier alpha value is -0.640. The summed E-state index contributed by atoms with van der Waals surface area (Å²) in [5.41, 5.74) is 7.21. The van der Waals surface area contributed by atoms with Crippen LogP contribution in [-0.4, -0.2) is 24.0 Å². The first-order valence-corrected chi connectivity index (χ1v) is 7.43. The van der Waals surface area contributed by atoms with Gasteiger partial charge in [-0.05, 0) is 42.4 Å². The van der Waals surface area contributed by atoms with Crippen LogP contribution in [0, 0.1) is 17.7 Å². The molecule has 1 saturated carbocycles. The molecule has 3 atom stereocenters. The first-order chi connectivity index (χ1) is 9.13. The lowest BCUT2D eigenvalue weighted by Crippen LogP contribution is -2.38. The molecule has 0 aromatic heterocycles. The molecule has 2 N–H and O–H groups in total. The molecule has 0 radical (unpaired) electrons. The SMILES string of the molecule is NC1CCCC2CN(Cc3ccc(Cl)c(F)c3)CC12. The summed E-state index contributed by atoms with van der Waals surface area (Å²) >= 11 is 5.71. The van der Waals surface area contributed by atoms with Crippen LogP contribution >= 0.6 is 11.6 Å². The number of likely N-dealkylation sites (tertiary alicyclic amines) is 1. The van der Waals surface area contributed by atoms with Crippen LogP contribution in [0.25, 0.3) is 0 Å². The number of nitrogens with zero attached hydrogens (tertiary/aromatic N) is 1. The lowest BCUT2D eigenvalue weighted by molar-refractivity contribution is 0.259. The second-order valence-corrected chi connectivity index (χ2v) is 6.37. The number of fused-ring (bicyclic) bond motifs is 1. The highest BCUT2D eigenvalue weighted by Crippen LogP contribution is 2.36. The molecule has 1 aliphatic heterocycles. The van der Waals surface area contributed by atoms with Crippen molar-refractivity contribution in [2.75, 3.05) is 13.1 Å². The largest absolute Gasteiger partial charge is 0.327 e. The minimum atomic E-state index is -0.326. The number of halogens is 2. The fraction of sp³-hybridized carbons (Fsp3) is 0.600. The highest BCUT2D eigenvalue weighted by molar-refractivity contribution is 6.30. The number of hydrogen-bond acceptors (Lipinski definition) is 2. The second-order valence-electron chi connectivity index (χ2n) is 5.96. The third-order valence-electron chi connectivity index (χ3n) is 4.62. The molecule has 19 heavy (non-hydrogen) atoms. The van der Waals surface area contributed by atoms with Crippen LogP contribution in [0.5, 0.6) is 0 Å². The average molecular weight is 283 g/mol. The maximum atomic E-state index is 13.4. The lowest BCUT2D eigenvalue weighted by Gasteiger charge is -2.29. The van der Waals surface area contributed by atoms with Crippen molar-refractivity contribution in [1.29, 1.82) is 0 Å². The molecule has 0 spiro atoms. The maximum Gasteiger partial charge on any atom is 0.142 e. The molecule has 0 bridgehead atoms. The molecular weight excluding hydrogens is 263 g/mol. The molecule has 1 heterocycles. The maximum absolute atomic E-state index is 13.4. The van der Waals surface area contributed by atoms with Gasteiger partial charge in [0.2, 0.25) is 0 Å². The minimum absolute atomic E-state index is 0.195. The zero-order chi connectivity index (χ0) is 13.4. The fourth-order valence-electron chi connectivity index (χ4n) is 3.63. The standard InChI is InChI=1S/C15H20ClFN2/c16-13-5-4-10(6-14(13)17)7-19-8-11-2-1-3-15(18)12(11)9-19/h4-6,11-12,15H,1-3,7-9,18H2. The van der Waals surface area contributed by atoms with Crippen LogP contribution in [-0.2, 0) is 6.54 Å². The van der Waals surface area contributed by atoms with Crippen molar-refractivity contribution in [3.05, 3.63) is 34.6 Å². The smallest absolute Gasteiger partial charge is 0.142 e. The van der Waals surface area contributed by atoms with Gasteiger partial charge in [0.1, 0.15) is 5.82 Å². The Labute approximate surface area is 118 Å². The number of nitrogens with two attached hydrogens (primary N) is 1. The van der Waals surface area contributed by atoms with Gasteiger partial charge in [0.25, 0.3) is 0 Å². The zero-order valence-electron chi connectivity index (χ0n) is 11.0. The van der Waals surface area contributed by atoms with E-state index in [1.165, 1.54) is 12.8 Å². The quantitative estimate of drug-likeness (QED) is 0.903. The van der Waals surface area contributed by atoms with Gasteiger partial charge in [0, 0.05) is 25.7 Å². The number of rotatable bonds is 2. The monoisotopic (exact) mass is 282 g/mol. The third kappa shape index (κ3) is 2.78. The molecule has 1 aliphatic carbocycles. The van der Waals surface area contributed by atoms with E-state index in [0.29, 0.717) is 12.0 Å². The van der Waals surface area contributed by atoms with E-state index in [1.54, 1.807) is 12.1 Å². The Morgan fingerprint density at radius 2 is 2.16 bits per heavy atom. The molecule has 104 valence electrons. The summed E-state index contributed by atoms with van der Waals surface area (Å²) in [6.07, 6.45) is 3.71. The van der Waals surface area contributed by atoms with Gasteiger partial charge in [-0.1, -0.05) is 24.1 Å². The molecular formula is C15H20ClFN2. The van der Waals surface area contributed by atoms with Gasteiger partial charge in [0.05, 0.1) is 5.02 Å². The van der Waals surface area contributed by atoms with Gasteiger partial charge in [-0.2, -0.15) is 0 Å². The molecule has 2 fully saturated rings. The van der Waals surface area contributed by atoms with Crippen LogP contribution < -0.4 is 5.73 Å². The Balaban J connectivity index is 1.66.